The minimum Gasteiger partial charge on any atom is -0.303 e. The maximum absolute atomic E-state index is 11.0. The summed E-state index contributed by atoms with van der Waals surface area (Å²) in [6, 6.07) is 0. The van der Waals surface area contributed by atoms with Crippen molar-refractivity contribution in [1.29, 1.82) is 0 Å². The van der Waals surface area contributed by atoms with Gasteiger partial charge in [0.2, 0.25) is 0 Å². The van der Waals surface area contributed by atoms with Crippen LogP contribution in [0.15, 0.2) is 0 Å². The van der Waals surface area contributed by atoms with Crippen molar-refractivity contribution in [2.24, 2.45) is 0 Å². The highest BCUT2D eigenvalue weighted by Gasteiger charge is 2.00. The van der Waals surface area contributed by atoms with Gasteiger partial charge in [0.05, 0.1) is 0 Å². The van der Waals surface area contributed by atoms with Gasteiger partial charge in [-0.15, -0.1) is 0 Å². The smallest absolute Gasteiger partial charge is 0.133 e. The molecule has 3 heteroatoms. The van der Waals surface area contributed by atoms with Crippen LogP contribution < -0.4 is 0 Å². The van der Waals surface area contributed by atoms with E-state index in [0.717, 1.165) is 31.8 Å². The SMILES string of the molecule is O=CCCCCCC(=O)CCC=O. The number of carbonyl (C=O) groups excluding carboxylic acids is 3. The number of ketones is 1. The Hall–Kier alpha value is -0.990. The van der Waals surface area contributed by atoms with E-state index in [9.17, 15) is 14.4 Å². The van der Waals surface area contributed by atoms with Crippen molar-refractivity contribution in [2.45, 2.75) is 44.9 Å². The van der Waals surface area contributed by atoms with E-state index >= 15 is 0 Å². The fourth-order valence-corrected chi connectivity index (χ4v) is 1.07. The predicted octanol–water partition coefficient (Wildman–Crippen LogP) is 1.68. The lowest BCUT2D eigenvalue weighted by molar-refractivity contribution is -0.120. The molecule has 0 aliphatic carbocycles. The third-order valence-electron chi connectivity index (χ3n) is 1.82. The largest absolute Gasteiger partial charge is 0.303 e. The molecule has 0 aliphatic heterocycles. The molecule has 0 saturated heterocycles. The summed E-state index contributed by atoms with van der Waals surface area (Å²) in [6.45, 7) is 0. The average Bonchev–Trinajstić information content (AvgIpc) is 2.14. The number of hydrogen-bond acceptors (Lipinski definition) is 3. The zero-order chi connectivity index (χ0) is 9.94. The van der Waals surface area contributed by atoms with E-state index in [4.69, 9.17) is 0 Å². The number of unbranched alkanes of at least 4 members (excludes halogenated alkanes) is 3. The van der Waals surface area contributed by atoms with Gasteiger partial charge in [0, 0.05) is 25.7 Å². The molecule has 0 fully saturated rings. The molecule has 0 unspecified atom stereocenters. The second-order valence-electron chi connectivity index (χ2n) is 3.01. The van der Waals surface area contributed by atoms with Crippen molar-refractivity contribution >= 4 is 18.4 Å². The maximum atomic E-state index is 11.0. The first-order chi connectivity index (χ1) is 6.31. The van der Waals surface area contributed by atoms with E-state index in [1.807, 2.05) is 0 Å². The molecule has 0 aliphatic rings. The van der Waals surface area contributed by atoms with E-state index in [-0.39, 0.29) is 5.78 Å². The molecule has 0 radical (unpaired) electrons. The van der Waals surface area contributed by atoms with Crippen molar-refractivity contribution in [1.82, 2.24) is 0 Å². The lowest BCUT2D eigenvalue weighted by Gasteiger charge is -1.97. The van der Waals surface area contributed by atoms with Crippen molar-refractivity contribution in [2.75, 3.05) is 0 Å². The third-order valence-corrected chi connectivity index (χ3v) is 1.82. The minimum atomic E-state index is 0.151. The van der Waals surface area contributed by atoms with Crippen LogP contribution >= 0.6 is 0 Å². The molecular weight excluding hydrogens is 168 g/mol. The number of hydrogen-bond donors (Lipinski definition) is 0. The van der Waals surface area contributed by atoms with Gasteiger partial charge in [-0.1, -0.05) is 6.42 Å². The van der Waals surface area contributed by atoms with Gasteiger partial charge in [-0.3, -0.25) is 4.79 Å². The van der Waals surface area contributed by atoms with E-state index in [2.05, 4.69) is 0 Å². The van der Waals surface area contributed by atoms with Gasteiger partial charge in [-0.25, -0.2) is 0 Å². The Bertz CT molecular complexity index is 164. The Morgan fingerprint density at radius 3 is 2.15 bits per heavy atom. The first-order valence-corrected chi connectivity index (χ1v) is 4.70. The minimum absolute atomic E-state index is 0.151. The van der Waals surface area contributed by atoms with E-state index in [1.165, 1.54) is 0 Å². The topological polar surface area (TPSA) is 51.2 Å². The van der Waals surface area contributed by atoms with Crippen LogP contribution in [0, 0.1) is 0 Å². The molecule has 0 spiro atoms. The Morgan fingerprint density at radius 2 is 1.54 bits per heavy atom. The highest BCUT2D eigenvalue weighted by molar-refractivity contribution is 5.80. The molecule has 0 amide bonds. The van der Waals surface area contributed by atoms with Crippen LogP contribution in [0.3, 0.4) is 0 Å². The fraction of sp³-hybridized carbons (Fsp3) is 0.700. The third kappa shape index (κ3) is 8.92. The van der Waals surface area contributed by atoms with Gasteiger partial charge >= 0.3 is 0 Å². The van der Waals surface area contributed by atoms with E-state index in [0.29, 0.717) is 25.7 Å². The average molecular weight is 184 g/mol. The second kappa shape index (κ2) is 9.10. The summed E-state index contributed by atoms with van der Waals surface area (Å²) >= 11 is 0. The Labute approximate surface area is 78.5 Å². The first kappa shape index (κ1) is 12.0. The highest BCUT2D eigenvalue weighted by Crippen LogP contribution is 2.04. The Kier molecular flexibility index (Phi) is 8.41. The number of carbonyl (C=O) groups is 3. The molecule has 0 bridgehead atoms. The zero-order valence-corrected chi connectivity index (χ0v) is 7.83. The standard InChI is InChI=1S/C10H16O3/c11-8-4-2-1-3-6-10(13)7-5-9-12/h8-9H,1-7H2. The summed E-state index contributed by atoms with van der Waals surface area (Å²) in [5, 5.41) is 0. The van der Waals surface area contributed by atoms with Crippen LogP contribution in [0.25, 0.3) is 0 Å². The summed E-state index contributed by atoms with van der Waals surface area (Å²) in [7, 11) is 0. The molecule has 0 N–H and O–H groups in total. The van der Waals surface area contributed by atoms with Gasteiger partial charge in [-0.2, -0.15) is 0 Å². The van der Waals surface area contributed by atoms with Crippen LogP contribution in [0.4, 0.5) is 0 Å². The van der Waals surface area contributed by atoms with Gasteiger partial charge in [0.1, 0.15) is 18.4 Å². The lowest BCUT2D eigenvalue weighted by atomic mass is 10.1. The maximum Gasteiger partial charge on any atom is 0.133 e. The zero-order valence-electron chi connectivity index (χ0n) is 7.83. The van der Waals surface area contributed by atoms with Crippen LogP contribution in [-0.2, 0) is 14.4 Å². The summed E-state index contributed by atoms with van der Waals surface area (Å²) in [5.41, 5.74) is 0. The Balaban J connectivity index is 3.16. The highest BCUT2D eigenvalue weighted by atomic mass is 16.1. The Morgan fingerprint density at radius 1 is 0.846 bits per heavy atom. The molecule has 74 valence electrons. The number of aldehydes is 2. The monoisotopic (exact) mass is 184 g/mol. The van der Waals surface area contributed by atoms with E-state index in [1.54, 1.807) is 0 Å². The van der Waals surface area contributed by atoms with Crippen molar-refractivity contribution in [3.8, 4) is 0 Å². The quantitative estimate of drug-likeness (QED) is 0.404. The fourth-order valence-electron chi connectivity index (χ4n) is 1.07. The molecule has 0 aromatic rings. The lowest BCUT2D eigenvalue weighted by Crippen LogP contribution is -1.97. The summed E-state index contributed by atoms with van der Waals surface area (Å²) in [6.07, 6.45) is 6.14. The molecule has 0 rings (SSSR count). The first-order valence-electron chi connectivity index (χ1n) is 4.70. The molecule has 0 atom stereocenters. The molecular formula is C10H16O3. The normalized spacial score (nSPS) is 9.54. The van der Waals surface area contributed by atoms with Gasteiger partial charge in [0.15, 0.2) is 0 Å². The second-order valence-corrected chi connectivity index (χ2v) is 3.01. The molecule has 3 nitrogen and oxygen atoms in total. The predicted molar refractivity (Wildman–Crippen MR) is 49.5 cm³/mol. The number of rotatable bonds is 9. The molecule has 0 aromatic carbocycles. The van der Waals surface area contributed by atoms with Crippen molar-refractivity contribution < 1.29 is 14.4 Å². The van der Waals surface area contributed by atoms with Gasteiger partial charge < -0.3 is 9.59 Å². The number of Topliss-reactive ketones (excluding diaryl/α,β-unsaturated/α-hetero) is 1. The molecule has 0 saturated carbocycles. The van der Waals surface area contributed by atoms with E-state index < -0.39 is 0 Å². The van der Waals surface area contributed by atoms with Crippen molar-refractivity contribution in [3.63, 3.8) is 0 Å². The summed E-state index contributed by atoms with van der Waals surface area (Å²) < 4.78 is 0. The van der Waals surface area contributed by atoms with Crippen LogP contribution in [-0.4, -0.2) is 18.4 Å². The summed E-state index contributed by atoms with van der Waals surface area (Å²) in [4.78, 5) is 30.9. The van der Waals surface area contributed by atoms with Crippen LogP contribution in [0.1, 0.15) is 44.9 Å². The van der Waals surface area contributed by atoms with Crippen molar-refractivity contribution in [3.05, 3.63) is 0 Å². The van der Waals surface area contributed by atoms with Gasteiger partial charge in [-0.05, 0) is 12.8 Å². The van der Waals surface area contributed by atoms with Crippen LogP contribution in [0.2, 0.25) is 0 Å². The summed E-state index contributed by atoms with van der Waals surface area (Å²) in [5.74, 6) is 0.151. The van der Waals surface area contributed by atoms with Crippen LogP contribution in [0.5, 0.6) is 0 Å². The molecule has 0 heterocycles. The molecule has 13 heavy (non-hydrogen) atoms. The molecule has 0 aromatic heterocycles. The van der Waals surface area contributed by atoms with Gasteiger partial charge in [0.25, 0.3) is 0 Å².